The second-order valence-electron chi connectivity index (χ2n) is 8.26. The number of hydrogen-bond donors (Lipinski definition) is 1. The zero-order chi connectivity index (χ0) is 18.6. The van der Waals surface area contributed by atoms with Crippen molar-refractivity contribution in [2.24, 2.45) is 11.8 Å². The van der Waals surface area contributed by atoms with Gasteiger partial charge in [-0.2, -0.15) is 0 Å². The van der Waals surface area contributed by atoms with Crippen LogP contribution in [-0.4, -0.2) is 23.3 Å². The van der Waals surface area contributed by atoms with Gasteiger partial charge in [-0.1, -0.05) is 63.1 Å². The maximum atomic E-state index is 12.3. The zero-order valence-corrected chi connectivity index (χ0v) is 16.0. The van der Waals surface area contributed by atoms with E-state index in [1.165, 1.54) is 5.56 Å². The highest BCUT2D eigenvalue weighted by molar-refractivity contribution is 5.75. The molecular formula is C22H32O3. The van der Waals surface area contributed by atoms with Crippen LogP contribution in [0.3, 0.4) is 0 Å². The second-order valence-corrected chi connectivity index (χ2v) is 8.26. The third kappa shape index (κ3) is 4.94. The molecule has 25 heavy (non-hydrogen) atoms. The smallest absolute Gasteiger partial charge is 0.335 e. The van der Waals surface area contributed by atoms with E-state index in [2.05, 4.69) is 51.6 Å². The first-order valence-corrected chi connectivity index (χ1v) is 9.30. The van der Waals surface area contributed by atoms with Crippen LogP contribution in [0.2, 0.25) is 0 Å². The molecule has 0 saturated heterocycles. The Hall–Kier alpha value is -1.61. The minimum Gasteiger partial charge on any atom is -0.460 e. The number of aliphatic hydroxyl groups excluding tert-OH is 1. The van der Waals surface area contributed by atoms with Crippen LogP contribution in [-0.2, 0) is 14.9 Å². The van der Waals surface area contributed by atoms with Gasteiger partial charge in [0.25, 0.3) is 0 Å². The molecule has 1 aliphatic carbocycles. The summed E-state index contributed by atoms with van der Waals surface area (Å²) in [5.41, 5.74) is 1.95. The summed E-state index contributed by atoms with van der Waals surface area (Å²) in [5, 5.41) is 10.1. The maximum Gasteiger partial charge on any atom is 0.335 e. The van der Waals surface area contributed by atoms with Crippen LogP contribution in [0, 0.1) is 11.8 Å². The van der Waals surface area contributed by atoms with E-state index in [0.717, 1.165) is 24.8 Å². The van der Waals surface area contributed by atoms with Crippen LogP contribution in [0.1, 0.15) is 58.9 Å². The highest BCUT2D eigenvalue weighted by Crippen LogP contribution is 2.43. The van der Waals surface area contributed by atoms with Crippen LogP contribution in [0.15, 0.2) is 42.5 Å². The van der Waals surface area contributed by atoms with E-state index < -0.39 is 12.1 Å². The zero-order valence-electron chi connectivity index (χ0n) is 16.0. The quantitative estimate of drug-likeness (QED) is 0.604. The van der Waals surface area contributed by atoms with E-state index in [1.807, 2.05) is 6.07 Å². The van der Waals surface area contributed by atoms with Gasteiger partial charge in [0.2, 0.25) is 0 Å². The Morgan fingerprint density at radius 3 is 2.56 bits per heavy atom. The average Bonchev–Trinajstić information content (AvgIpc) is 2.54. The summed E-state index contributed by atoms with van der Waals surface area (Å²) in [7, 11) is 0. The van der Waals surface area contributed by atoms with Crippen molar-refractivity contribution in [3.8, 4) is 0 Å². The minimum atomic E-state index is -1.12. The van der Waals surface area contributed by atoms with Gasteiger partial charge in [-0.05, 0) is 36.7 Å². The van der Waals surface area contributed by atoms with Crippen LogP contribution in [0.5, 0.6) is 0 Å². The van der Waals surface area contributed by atoms with Crippen molar-refractivity contribution >= 4 is 5.97 Å². The van der Waals surface area contributed by atoms with Gasteiger partial charge in [-0.3, -0.25) is 0 Å². The van der Waals surface area contributed by atoms with Crippen molar-refractivity contribution in [3.05, 3.63) is 48.0 Å². The van der Waals surface area contributed by atoms with Gasteiger partial charge >= 0.3 is 5.97 Å². The summed E-state index contributed by atoms with van der Waals surface area (Å²) in [6.45, 7) is 12.2. The predicted molar refractivity (Wildman–Crippen MR) is 101 cm³/mol. The fraction of sp³-hybridized carbons (Fsp3) is 0.591. The molecule has 138 valence electrons. The van der Waals surface area contributed by atoms with Crippen LogP contribution in [0.25, 0.3) is 0 Å². The van der Waals surface area contributed by atoms with E-state index in [0.29, 0.717) is 5.92 Å². The molecule has 1 aromatic carbocycles. The molecule has 1 aromatic rings. The van der Waals surface area contributed by atoms with Crippen molar-refractivity contribution in [2.75, 3.05) is 0 Å². The molecule has 1 saturated carbocycles. The first-order chi connectivity index (χ1) is 11.7. The molecule has 0 spiro atoms. The number of carbonyl (C=O) groups excluding carboxylic acids is 1. The number of ether oxygens (including phenoxy) is 1. The van der Waals surface area contributed by atoms with Gasteiger partial charge in [0.15, 0.2) is 6.10 Å². The van der Waals surface area contributed by atoms with Gasteiger partial charge in [0.1, 0.15) is 6.10 Å². The molecule has 0 unspecified atom stereocenters. The fourth-order valence-corrected chi connectivity index (χ4v) is 4.01. The summed E-state index contributed by atoms with van der Waals surface area (Å²) in [6.07, 6.45) is 2.00. The molecule has 1 N–H and O–H groups in total. The number of aliphatic hydroxyl groups is 1. The first-order valence-electron chi connectivity index (χ1n) is 9.30. The predicted octanol–water partition coefficient (Wildman–Crippen LogP) is 4.64. The number of rotatable bonds is 6. The van der Waals surface area contributed by atoms with Gasteiger partial charge in [-0.25, -0.2) is 4.79 Å². The summed E-state index contributed by atoms with van der Waals surface area (Å²) in [4.78, 5) is 12.3. The molecule has 3 nitrogen and oxygen atoms in total. The Morgan fingerprint density at radius 1 is 1.32 bits per heavy atom. The molecule has 4 atom stereocenters. The molecule has 2 rings (SSSR count). The number of esters is 1. The molecule has 0 heterocycles. The van der Waals surface area contributed by atoms with E-state index in [9.17, 15) is 9.90 Å². The summed E-state index contributed by atoms with van der Waals surface area (Å²) < 4.78 is 5.81. The van der Waals surface area contributed by atoms with Gasteiger partial charge in [-0.15, -0.1) is 6.58 Å². The third-order valence-electron chi connectivity index (χ3n) is 5.58. The maximum absolute atomic E-state index is 12.3. The van der Waals surface area contributed by atoms with Crippen LogP contribution >= 0.6 is 0 Å². The van der Waals surface area contributed by atoms with Crippen molar-refractivity contribution in [2.45, 2.75) is 71.0 Å². The van der Waals surface area contributed by atoms with Crippen molar-refractivity contribution in [1.82, 2.24) is 0 Å². The third-order valence-corrected chi connectivity index (χ3v) is 5.58. The summed E-state index contributed by atoms with van der Waals surface area (Å²) >= 11 is 0. The largest absolute Gasteiger partial charge is 0.460 e. The van der Waals surface area contributed by atoms with Crippen molar-refractivity contribution in [3.63, 3.8) is 0 Å². The van der Waals surface area contributed by atoms with Crippen molar-refractivity contribution < 1.29 is 14.6 Å². The Kier molecular flexibility index (Phi) is 6.45. The van der Waals surface area contributed by atoms with E-state index in [4.69, 9.17) is 4.74 Å². The van der Waals surface area contributed by atoms with E-state index in [1.54, 1.807) is 6.92 Å². The highest BCUT2D eigenvalue weighted by atomic mass is 16.6. The van der Waals surface area contributed by atoms with Crippen molar-refractivity contribution in [1.29, 1.82) is 0 Å². The van der Waals surface area contributed by atoms with E-state index in [-0.39, 0.29) is 23.9 Å². The topological polar surface area (TPSA) is 46.5 Å². The molecule has 1 aliphatic rings. The lowest BCUT2D eigenvalue weighted by Gasteiger charge is -2.44. The fourth-order valence-electron chi connectivity index (χ4n) is 4.01. The van der Waals surface area contributed by atoms with Gasteiger partial charge < -0.3 is 9.84 Å². The van der Waals surface area contributed by atoms with Gasteiger partial charge in [0, 0.05) is 12.3 Å². The minimum absolute atomic E-state index is 0.0916. The Balaban J connectivity index is 2.17. The molecule has 3 heteroatoms. The number of carbonyl (C=O) groups is 1. The molecule has 0 aromatic heterocycles. The average molecular weight is 344 g/mol. The molecule has 0 radical (unpaired) electrons. The summed E-state index contributed by atoms with van der Waals surface area (Å²) in [6, 6.07) is 10.4. The molecule has 0 bridgehead atoms. The lowest BCUT2D eigenvalue weighted by molar-refractivity contribution is -0.166. The molecule has 1 fully saturated rings. The van der Waals surface area contributed by atoms with Gasteiger partial charge in [0.05, 0.1) is 0 Å². The van der Waals surface area contributed by atoms with Crippen LogP contribution in [0.4, 0.5) is 0 Å². The number of benzene rings is 1. The molecule has 0 aliphatic heterocycles. The monoisotopic (exact) mass is 344 g/mol. The Bertz CT molecular complexity index is 591. The SMILES string of the molecule is C=C(C)C[C@@H](O)C(=O)O[C@@H]1C[C@H](C)CC[C@H]1C(C)(C)c1ccccc1. The highest BCUT2D eigenvalue weighted by Gasteiger charge is 2.42. The molecule has 0 amide bonds. The normalized spacial score (nSPS) is 25.2. The first kappa shape index (κ1) is 19.7. The number of hydrogen-bond acceptors (Lipinski definition) is 3. The summed E-state index contributed by atoms with van der Waals surface area (Å²) in [5.74, 6) is 0.252. The van der Waals surface area contributed by atoms with Crippen LogP contribution < -0.4 is 0 Å². The van der Waals surface area contributed by atoms with E-state index >= 15 is 0 Å². The lowest BCUT2D eigenvalue weighted by atomic mass is 9.64. The lowest BCUT2D eigenvalue weighted by Crippen LogP contribution is -2.44. The Labute approximate surface area is 152 Å². The second kappa shape index (κ2) is 8.18. The Morgan fingerprint density at radius 2 is 1.96 bits per heavy atom. The standard InChI is InChI=1S/C22H32O3/c1-15(2)13-19(23)21(24)25-20-14-16(3)11-12-18(20)22(4,5)17-9-7-6-8-10-17/h6-10,16,18-20,23H,1,11-14H2,2-5H3/t16-,18-,19-,20-/m1/s1. The molecular weight excluding hydrogens is 312 g/mol.